The smallest absolute Gasteiger partial charge is 0.312 e. The highest BCUT2D eigenvalue weighted by Gasteiger charge is 2.13. The van der Waals surface area contributed by atoms with Crippen LogP contribution in [0.5, 0.6) is 0 Å². The summed E-state index contributed by atoms with van der Waals surface area (Å²) in [5, 5.41) is 17.1. The Morgan fingerprint density at radius 2 is 2.08 bits per heavy atom. The van der Waals surface area contributed by atoms with Crippen LogP contribution in [0.4, 0.5) is 0 Å². The molecule has 0 amide bonds. The van der Waals surface area contributed by atoms with E-state index in [1.54, 1.807) is 6.26 Å². The number of aliphatic carboxylic acids is 1. The highest BCUT2D eigenvalue weighted by molar-refractivity contribution is 7.18. The van der Waals surface area contributed by atoms with Crippen LogP contribution < -0.4 is 0 Å². The number of carboxylic acid groups (broad SMARTS) is 1. The van der Waals surface area contributed by atoms with Gasteiger partial charge < -0.3 is 13.9 Å². The van der Waals surface area contributed by atoms with Crippen molar-refractivity contribution in [3.05, 3.63) is 53.4 Å². The Morgan fingerprint density at radius 3 is 2.88 bits per heavy atom. The second kappa shape index (κ2) is 5.89. The summed E-state index contributed by atoms with van der Waals surface area (Å²) >= 11 is 1.53. The number of furan rings is 1. The van der Waals surface area contributed by atoms with Crippen molar-refractivity contribution in [3.8, 4) is 11.3 Å². The molecule has 0 radical (unpaired) electrons. The molecular formula is C16H11N3O4S. The van der Waals surface area contributed by atoms with Crippen LogP contribution in [0.1, 0.15) is 16.8 Å². The Morgan fingerprint density at radius 1 is 1.21 bits per heavy atom. The van der Waals surface area contributed by atoms with Gasteiger partial charge in [-0.15, -0.1) is 21.5 Å². The van der Waals surface area contributed by atoms with Crippen LogP contribution in [0.25, 0.3) is 21.5 Å². The average Bonchev–Trinajstić information content (AvgIpc) is 3.26. The Labute approximate surface area is 139 Å². The van der Waals surface area contributed by atoms with E-state index in [0.717, 1.165) is 26.5 Å². The SMILES string of the molecule is O=C(O)Cc1nnc(Cc2nc3ccc(-c4ccco4)cc3s2)o1. The Bertz CT molecular complexity index is 1000. The predicted molar refractivity (Wildman–Crippen MR) is 85.8 cm³/mol. The molecule has 0 atom stereocenters. The molecule has 0 fully saturated rings. The maximum Gasteiger partial charge on any atom is 0.312 e. The lowest BCUT2D eigenvalue weighted by Gasteiger charge is -1.95. The molecule has 0 saturated heterocycles. The van der Waals surface area contributed by atoms with Gasteiger partial charge in [0, 0.05) is 5.56 Å². The topological polar surface area (TPSA) is 102 Å². The van der Waals surface area contributed by atoms with Crippen LogP contribution in [0.15, 0.2) is 45.4 Å². The first-order valence-corrected chi connectivity index (χ1v) is 7.95. The van der Waals surface area contributed by atoms with Crippen molar-refractivity contribution in [1.29, 1.82) is 0 Å². The van der Waals surface area contributed by atoms with E-state index in [0.29, 0.717) is 12.3 Å². The Balaban J connectivity index is 1.58. The summed E-state index contributed by atoms with van der Waals surface area (Å²) in [6.07, 6.45) is 1.74. The average molecular weight is 341 g/mol. The van der Waals surface area contributed by atoms with E-state index in [4.69, 9.17) is 13.9 Å². The molecule has 0 unspecified atom stereocenters. The lowest BCUT2D eigenvalue weighted by Crippen LogP contribution is -1.99. The number of carboxylic acids is 1. The van der Waals surface area contributed by atoms with Crippen molar-refractivity contribution in [3.63, 3.8) is 0 Å². The number of nitrogens with zero attached hydrogens (tertiary/aromatic N) is 3. The largest absolute Gasteiger partial charge is 0.481 e. The molecule has 3 heterocycles. The van der Waals surface area contributed by atoms with Gasteiger partial charge in [0.2, 0.25) is 11.8 Å². The molecule has 3 aromatic heterocycles. The molecule has 1 aromatic carbocycles. The van der Waals surface area contributed by atoms with Crippen LogP contribution in [0.2, 0.25) is 0 Å². The minimum absolute atomic E-state index is 0.0960. The summed E-state index contributed by atoms with van der Waals surface area (Å²) in [7, 11) is 0. The molecule has 24 heavy (non-hydrogen) atoms. The molecule has 7 nitrogen and oxygen atoms in total. The van der Waals surface area contributed by atoms with E-state index in [-0.39, 0.29) is 12.3 Å². The number of hydrogen-bond donors (Lipinski definition) is 1. The van der Waals surface area contributed by atoms with E-state index < -0.39 is 5.97 Å². The van der Waals surface area contributed by atoms with Gasteiger partial charge in [-0.3, -0.25) is 4.79 Å². The summed E-state index contributed by atoms with van der Waals surface area (Å²) in [6.45, 7) is 0. The number of carbonyl (C=O) groups is 1. The highest BCUT2D eigenvalue weighted by Crippen LogP contribution is 2.29. The lowest BCUT2D eigenvalue weighted by molar-refractivity contribution is -0.136. The van der Waals surface area contributed by atoms with Crippen molar-refractivity contribution in [1.82, 2.24) is 15.2 Å². The molecule has 1 N–H and O–H groups in total. The third-order valence-electron chi connectivity index (χ3n) is 3.35. The van der Waals surface area contributed by atoms with E-state index in [1.165, 1.54) is 11.3 Å². The van der Waals surface area contributed by atoms with Gasteiger partial charge in [-0.05, 0) is 30.3 Å². The summed E-state index contributed by atoms with van der Waals surface area (Å²) in [5.74, 6) is 0.257. The third kappa shape index (κ3) is 2.91. The summed E-state index contributed by atoms with van der Waals surface area (Å²) in [5.41, 5.74) is 1.87. The second-order valence-electron chi connectivity index (χ2n) is 5.10. The highest BCUT2D eigenvalue weighted by atomic mass is 32.1. The Kier molecular flexibility index (Phi) is 3.58. The lowest BCUT2D eigenvalue weighted by atomic mass is 10.2. The number of aromatic nitrogens is 3. The van der Waals surface area contributed by atoms with Crippen molar-refractivity contribution in [2.24, 2.45) is 0 Å². The van der Waals surface area contributed by atoms with Gasteiger partial charge in [-0.1, -0.05) is 0 Å². The van der Waals surface area contributed by atoms with Gasteiger partial charge in [0.25, 0.3) is 0 Å². The standard InChI is InChI=1S/C16H11N3O4S/c20-16(21)8-14-19-18-13(23-14)7-15-17-10-4-3-9(6-12(10)24-15)11-2-1-5-22-11/h1-6H,7-8H2,(H,20,21). The van der Waals surface area contributed by atoms with Crippen molar-refractivity contribution in [2.75, 3.05) is 0 Å². The fourth-order valence-corrected chi connectivity index (χ4v) is 3.33. The zero-order chi connectivity index (χ0) is 16.5. The number of thiazole rings is 1. The first-order valence-electron chi connectivity index (χ1n) is 7.14. The molecule has 0 bridgehead atoms. The number of benzene rings is 1. The Hall–Kier alpha value is -3.00. The van der Waals surface area contributed by atoms with E-state index in [1.807, 2.05) is 30.3 Å². The van der Waals surface area contributed by atoms with Crippen LogP contribution in [0, 0.1) is 0 Å². The van der Waals surface area contributed by atoms with Gasteiger partial charge in [-0.2, -0.15) is 0 Å². The molecule has 8 heteroatoms. The van der Waals surface area contributed by atoms with Gasteiger partial charge >= 0.3 is 5.97 Å². The molecule has 0 aliphatic carbocycles. The van der Waals surface area contributed by atoms with Crippen molar-refractivity contribution < 1.29 is 18.7 Å². The monoisotopic (exact) mass is 341 g/mol. The third-order valence-corrected chi connectivity index (χ3v) is 4.37. The number of fused-ring (bicyclic) bond motifs is 1. The summed E-state index contributed by atoms with van der Waals surface area (Å²) in [6, 6.07) is 9.69. The first-order chi connectivity index (χ1) is 11.7. The molecular weight excluding hydrogens is 330 g/mol. The number of rotatable bonds is 5. The van der Waals surface area contributed by atoms with E-state index in [2.05, 4.69) is 15.2 Å². The van der Waals surface area contributed by atoms with Crippen LogP contribution >= 0.6 is 11.3 Å². The molecule has 0 aliphatic rings. The fourth-order valence-electron chi connectivity index (χ4n) is 2.33. The van der Waals surface area contributed by atoms with Gasteiger partial charge in [0.05, 0.1) is 22.9 Å². The molecule has 120 valence electrons. The zero-order valence-corrected chi connectivity index (χ0v) is 13.1. The molecule has 0 spiro atoms. The zero-order valence-electron chi connectivity index (χ0n) is 12.3. The van der Waals surface area contributed by atoms with Crippen molar-refractivity contribution in [2.45, 2.75) is 12.8 Å². The van der Waals surface area contributed by atoms with E-state index >= 15 is 0 Å². The maximum absolute atomic E-state index is 10.6. The second-order valence-corrected chi connectivity index (χ2v) is 6.22. The minimum Gasteiger partial charge on any atom is -0.481 e. The summed E-state index contributed by atoms with van der Waals surface area (Å²) in [4.78, 5) is 15.2. The van der Waals surface area contributed by atoms with Crippen LogP contribution in [-0.2, 0) is 17.6 Å². The molecule has 4 aromatic rings. The molecule has 4 rings (SSSR count). The quantitative estimate of drug-likeness (QED) is 0.595. The van der Waals surface area contributed by atoms with Gasteiger partial charge in [-0.25, -0.2) is 4.98 Å². The normalized spacial score (nSPS) is 11.2. The number of hydrogen-bond acceptors (Lipinski definition) is 7. The van der Waals surface area contributed by atoms with E-state index in [9.17, 15) is 4.79 Å². The van der Waals surface area contributed by atoms with Crippen molar-refractivity contribution >= 4 is 27.5 Å². The van der Waals surface area contributed by atoms with Crippen LogP contribution in [0.3, 0.4) is 0 Å². The fraction of sp³-hybridized carbons (Fsp3) is 0.125. The molecule has 0 aliphatic heterocycles. The van der Waals surface area contributed by atoms with Crippen LogP contribution in [-0.4, -0.2) is 26.3 Å². The predicted octanol–water partition coefficient (Wildman–Crippen LogP) is 3.16. The summed E-state index contributed by atoms with van der Waals surface area (Å²) < 4.78 is 11.8. The minimum atomic E-state index is -1.00. The first kappa shape index (κ1) is 14.6. The van der Waals surface area contributed by atoms with Gasteiger partial charge in [0.15, 0.2) is 0 Å². The molecule has 0 saturated carbocycles. The maximum atomic E-state index is 10.6. The van der Waals surface area contributed by atoms with Gasteiger partial charge in [0.1, 0.15) is 17.2 Å².